The van der Waals surface area contributed by atoms with E-state index in [0.29, 0.717) is 12.8 Å². The Morgan fingerprint density at radius 2 is 1.86 bits per heavy atom. The van der Waals surface area contributed by atoms with Crippen molar-refractivity contribution in [3.8, 4) is 0 Å². The van der Waals surface area contributed by atoms with Crippen molar-refractivity contribution in [3.05, 3.63) is 41.5 Å². The van der Waals surface area contributed by atoms with Crippen LogP contribution in [0.5, 0.6) is 0 Å². The Morgan fingerprint density at radius 3 is 2.54 bits per heavy atom. The first-order valence-electron chi connectivity index (χ1n) is 10.5. The molecule has 0 aliphatic heterocycles. The van der Waals surface area contributed by atoms with Crippen LogP contribution in [-0.2, 0) is 14.9 Å². The summed E-state index contributed by atoms with van der Waals surface area (Å²) in [4.78, 5) is 11.1. The molecule has 0 aliphatic carbocycles. The molecule has 1 aromatic carbocycles. The average molecular weight is 391 g/mol. The average Bonchev–Trinajstić information content (AvgIpc) is 2.69. The lowest BCUT2D eigenvalue weighted by Crippen LogP contribution is -2.24. The van der Waals surface area contributed by atoms with Gasteiger partial charge in [-0.05, 0) is 35.8 Å². The number of ether oxygens (including phenoxy) is 1. The normalized spacial score (nSPS) is 14.2. The van der Waals surface area contributed by atoms with Crippen molar-refractivity contribution < 1.29 is 19.7 Å². The monoisotopic (exact) mass is 390 g/mol. The second-order valence-corrected chi connectivity index (χ2v) is 8.17. The van der Waals surface area contributed by atoms with Crippen LogP contribution in [0.25, 0.3) is 6.08 Å². The standard InChI is InChI=1S/C24H38O4/c1-5-6-7-10-18-24(2,3)20-13-9-8-12-19(20)16-17-22(26)21(25)14-11-15-23(27)28-4/h8-9,12-13,16-17,21-22,25-26H,5-7,10-11,14-15,18H2,1-4H3/b17-16+. The molecule has 1 aromatic rings. The molecule has 0 heterocycles. The molecule has 2 atom stereocenters. The lowest BCUT2D eigenvalue weighted by molar-refractivity contribution is -0.140. The van der Waals surface area contributed by atoms with Crippen molar-refractivity contribution in [2.45, 2.75) is 89.8 Å². The zero-order valence-electron chi connectivity index (χ0n) is 18.0. The van der Waals surface area contributed by atoms with Crippen molar-refractivity contribution in [3.63, 3.8) is 0 Å². The number of methoxy groups -OCH3 is 1. The van der Waals surface area contributed by atoms with E-state index in [4.69, 9.17) is 0 Å². The molecule has 28 heavy (non-hydrogen) atoms. The zero-order valence-corrected chi connectivity index (χ0v) is 18.0. The van der Waals surface area contributed by atoms with E-state index in [1.807, 2.05) is 12.1 Å². The molecular weight excluding hydrogens is 352 g/mol. The van der Waals surface area contributed by atoms with E-state index in [0.717, 1.165) is 12.0 Å². The van der Waals surface area contributed by atoms with Gasteiger partial charge in [0, 0.05) is 6.42 Å². The summed E-state index contributed by atoms with van der Waals surface area (Å²) in [6.45, 7) is 6.76. The fraction of sp³-hybridized carbons (Fsp3) is 0.625. The minimum atomic E-state index is -0.960. The van der Waals surface area contributed by atoms with E-state index in [2.05, 4.69) is 43.7 Å². The third-order valence-electron chi connectivity index (χ3n) is 5.32. The highest BCUT2D eigenvalue weighted by Crippen LogP contribution is 2.32. The summed E-state index contributed by atoms with van der Waals surface area (Å²) in [5.41, 5.74) is 2.39. The van der Waals surface area contributed by atoms with Gasteiger partial charge >= 0.3 is 5.97 Å². The van der Waals surface area contributed by atoms with Gasteiger partial charge in [-0.2, -0.15) is 0 Å². The second kappa shape index (κ2) is 12.7. The molecule has 0 fully saturated rings. The molecule has 4 nitrogen and oxygen atoms in total. The number of hydrogen-bond acceptors (Lipinski definition) is 4. The Labute approximate surface area is 170 Å². The fourth-order valence-electron chi connectivity index (χ4n) is 3.45. The molecule has 0 aliphatic rings. The van der Waals surface area contributed by atoms with Gasteiger partial charge < -0.3 is 14.9 Å². The SMILES string of the molecule is CCCCCCC(C)(C)c1ccccc1/C=C/C(O)C(O)CCCC(=O)OC. The molecule has 4 heteroatoms. The topological polar surface area (TPSA) is 66.8 Å². The molecule has 0 saturated carbocycles. The molecule has 2 unspecified atom stereocenters. The van der Waals surface area contributed by atoms with E-state index >= 15 is 0 Å². The number of aliphatic hydroxyl groups is 2. The molecule has 0 radical (unpaired) electrons. The number of rotatable bonds is 13. The van der Waals surface area contributed by atoms with E-state index in [-0.39, 0.29) is 17.8 Å². The fourth-order valence-corrected chi connectivity index (χ4v) is 3.45. The Kier molecular flexibility index (Phi) is 11.1. The van der Waals surface area contributed by atoms with Crippen molar-refractivity contribution in [2.75, 3.05) is 7.11 Å². The largest absolute Gasteiger partial charge is 0.469 e. The molecule has 1 rings (SSSR count). The van der Waals surface area contributed by atoms with Crippen LogP contribution in [0.1, 0.15) is 83.3 Å². The Morgan fingerprint density at radius 1 is 1.14 bits per heavy atom. The molecule has 0 spiro atoms. The van der Waals surface area contributed by atoms with Crippen LogP contribution in [0.4, 0.5) is 0 Å². The highest BCUT2D eigenvalue weighted by molar-refractivity contribution is 5.69. The lowest BCUT2D eigenvalue weighted by Gasteiger charge is -2.27. The molecular formula is C24H38O4. The highest BCUT2D eigenvalue weighted by atomic mass is 16.5. The van der Waals surface area contributed by atoms with Gasteiger partial charge in [0.1, 0.15) is 0 Å². The van der Waals surface area contributed by atoms with Crippen molar-refractivity contribution in [1.29, 1.82) is 0 Å². The van der Waals surface area contributed by atoms with E-state index < -0.39 is 12.2 Å². The quantitative estimate of drug-likeness (QED) is 0.367. The van der Waals surface area contributed by atoms with Gasteiger partial charge in [-0.15, -0.1) is 0 Å². The predicted molar refractivity (Wildman–Crippen MR) is 115 cm³/mol. The highest BCUT2D eigenvalue weighted by Gasteiger charge is 2.22. The maximum absolute atomic E-state index is 11.1. The summed E-state index contributed by atoms with van der Waals surface area (Å²) < 4.78 is 4.59. The molecule has 0 aromatic heterocycles. The van der Waals surface area contributed by atoms with Gasteiger partial charge in [0.2, 0.25) is 0 Å². The number of hydrogen-bond donors (Lipinski definition) is 2. The predicted octanol–water partition coefficient (Wildman–Crippen LogP) is 5.01. The Hall–Kier alpha value is -1.65. The number of aliphatic hydroxyl groups excluding tert-OH is 2. The van der Waals surface area contributed by atoms with Gasteiger partial charge in [0.05, 0.1) is 19.3 Å². The summed E-state index contributed by atoms with van der Waals surface area (Å²) in [6.07, 6.45) is 8.88. The van der Waals surface area contributed by atoms with Crippen LogP contribution < -0.4 is 0 Å². The number of unbranched alkanes of at least 4 members (excludes halogenated alkanes) is 3. The van der Waals surface area contributed by atoms with Crippen molar-refractivity contribution in [1.82, 2.24) is 0 Å². The second-order valence-electron chi connectivity index (χ2n) is 8.17. The first-order valence-corrected chi connectivity index (χ1v) is 10.5. The first-order chi connectivity index (χ1) is 13.3. The van der Waals surface area contributed by atoms with Crippen LogP contribution in [0.3, 0.4) is 0 Å². The number of benzene rings is 1. The first kappa shape index (κ1) is 24.4. The third-order valence-corrected chi connectivity index (χ3v) is 5.32. The summed E-state index contributed by atoms with van der Waals surface area (Å²) >= 11 is 0. The summed E-state index contributed by atoms with van der Waals surface area (Å²) in [5, 5.41) is 20.4. The van der Waals surface area contributed by atoms with E-state index in [1.165, 1.54) is 38.4 Å². The zero-order chi connectivity index (χ0) is 21.0. The van der Waals surface area contributed by atoms with Crippen LogP contribution >= 0.6 is 0 Å². The van der Waals surface area contributed by atoms with Crippen molar-refractivity contribution in [2.24, 2.45) is 0 Å². The number of carbonyl (C=O) groups excluding carboxylic acids is 1. The van der Waals surface area contributed by atoms with Crippen LogP contribution in [0.15, 0.2) is 30.3 Å². The van der Waals surface area contributed by atoms with Gasteiger partial charge in [0.25, 0.3) is 0 Å². The van der Waals surface area contributed by atoms with Gasteiger partial charge in [-0.25, -0.2) is 0 Å². The maximum Gasteiger partial charge on any atom is 0.305 e. The smallest absolute Gasteiger partial charge is 0.305 e. The Balaban J connectivity index is 2.71. The summed E-state index contributed by atoms with van der Waals surface area (Å²) in [5.74, 6) is -0.299. The summed E-state index contributed by atoms with van der Waals surface area (Å²) in [7, 11) is 1.35. The minimum Gasteiger partial charge on any atom is -0.469 e. The Bertz CT molecular complexity index is 606. The van der Waals surface area contributed by atoms with Gasteiger partial charge in [0.15, 0.2) is 0 Å². The van der Waals surface area contributed by atoms with E-state index in [1.54, 1.807) is 6.08 Å². The van der Waals surface area contributed by atoms with Crippen LogP contribution in [0.2, 0.25) is 0 Å². The molecule has 2 N–H and O–H groups in total. The number of esters is 1. The summed E-state index contributed by atoms with van der Waals surface area (Å²) in [6, 6.07) is 8.25. The number of carbonyl (C=O) groups is 1. The van der Waals surface area contributed by atoms with Gasteiger partial charge in [-0.1, -0.05) is 82.9 Å². The molecule has 158 valence electrons. The van der Waals surface area contributed by atoms with Crippen LogP contribution in [-0.4, -0.2) is 35.5 Å². The molecule has 0 bridgehead atoms. The molecule has 0 amide bonds. The maximum atomic E-state index is 11.1. The lowest BCUT2D eigenvalue weighted by atomic mass is 9.77. The third kappa shape index (κ3) is 8.57. The molecule has 0 saturated heterocycles. The van der Waals surface area contributed by atoms with Gasteiger partial charge in [-0.3, -0.25) is 4.79 Å². The van der Waals surface area contributed by atoms with Crippen LogP contribution in [0, 0.1) is 0 Å². The minimum absolute atomic E-state index is 0.0543. The van der Waals surface area contributed by atoms with E-state index in [9.17, 15) is 15.0 Å². The van der Waals surface area contributed by atoms with Crippen molar-refractivity contribution >= 4 is 12.0 Å².